The van der Waals surface area contributed by atoms with Gasteiger partial charge in [-0.05, 0) is 0 Å². The molecule has 2 aliphatic heterocycles. The van der Waals surface area contributed by atoms with Gasteiger partial charge in [0.05, 0.1) is 19.8 Å². The number of carbonyl (C=O) groups excluding carboxylic acids is 1. The molecule has 136 valence electrons. The van der Waals surface area contributed by atoms with Crippen LogP contribution in [0.25, 0.3) is 11.4 Å². The van der Waals surface area contributed by atoms with Crippen LogP contribution in [0.5, 0.6) is 0 Å². The van der Waals surface area contributed by atoms with Gasteiger partial charge in [-0.15, -0.1) is 0 Å². The summed E-state index contributed by atoms with van der Waals surface area (Å²) < 4.78 is 10.7. The fraction of sp³-hybridized carbons (Fsp3) is 0.421. The summed E-state index contributed by atoms with van der Waals surface area (Å²) >= 11 is 0. The Labute approximate surface area is 152 Å². The fourth-order valence-electron chi connectivity index (χ4n) is 3.22. The Kier molecular flexibility index (Phi) is 5.08. The van der Waals surface area contributed by atoms with Crippen molar-refractivity contribution < 1.29 is 14.3 Å². The molecular weight excluding hydrogens is 332 g/mol. The normalized spacial score (nSPS) is 18.2. The van der Waals surface area contributed by atoms with E-state index < -0.39 is 0 Å². The SMILES string of the molecule is O=C1OCCN(CCN2CCOCC2)c2nc(-c3ccccc3)ncc21. The van der Waals surface area contributed by atoms with Crippen LogP contribution in [0.4, 0.5) is 5.82 Å². The lowest BCUT2D eigenvalue weighted by Crippen LogP contribution is -2.42. The Morgan fingerprint density at radius 3 is 2.62 bits per heavy atom. The second-order valence-electron chi connectivity index (χ2n) is 6.37. The molecule has 4 rings (SSSR count). The van der Waals surface area contributed by atoms with E-state index in [0.29, 0.717) is 30.4 Å². The van der Waals surface area contributed by atoms with Crippen LogP contribution in [0.3, 0.4) is 0 Å². The van der Waals surface area contributed by atoms with E-state index in [9.17, 15) is 4.79 Å². The van der Waals surface area contributed by atoms with E-state index in [4.69, 9.17) is 14.5 Å². The van der Waals surface area contributed by atoms with Crippen LogP contribution in [-0.4, -0.2) is 73.4 Å². The molecule has 0 radical (unpaired) electrons. The first-order valence-corrected chi connectivity index (χ1v) is 8.96. The van der Waals surface area contributed by atoms with E-state index in [2.05, 4.69) is 14.8 Å². The van der Waals surface area contributed by atoms with Gasteiger partial charge in [-0.25, -0.2) is 14.8 Å². The third-order valence-corrected chi connectivity index (χ3v) is 4.70. The maximum atomic E-state index is 12.2. The van der Waals surface area contributed by atoms with Crippen LogP contribution < -0.4 is 4.90 Å². The zero-order valence-corrected chi connectivity index (χ0v) is 14.6. The van der Waals surface area contributed by atoms with Gasteiger partial charge >= 0.3 is 5.97 Å². The molecule has 0 saturated carbocycles. The molecule has 1 fully saturated rings. The number of nitrogens with zero attached hydrogens (tertiary/aromatic N) is 4. The van der Waals surface area contributed by atoms with Gasteiger partial charge in [0.25, 0.3) is 0 Å². The van der Waals surface area contributed by atoms with Gasteiger partial charge in [0.15, 0.2) is 5.82 Å². The molecule has 1 saturated heterocycles. The predicted octanol–water partition coefficient (Wildman–Crippen LogP) is 1.45. The number of fused-ring (bicyclic) bond motifs is 1. The molecule has 7 nitrogen and oxygen atoms in total. The number of cyclic esters (lactones) is 1. The summed E-state index contributed by atoms with van der Waals surface area (Å²) in [6.07, 6.45) is 1.58. The van der Waals surface area contributed by atoms with E-state index in [1.54, 1.807) is 6.20 Å². The lowest BCUT2D eigenvalue weighted by Gasteiger charge is -2.30. The van der Waals surface area contributed by atoms with Crippen molar-refractivity contribution >= 4 is 11.8 Å². The molecule has 0 spiro atoms. The molecule has 1 aromatic heterocycles. The molecule has 2 aromatic rings. The second-order valence-corrected chi connectivity index (χ2v) is 6.37. The number of carbonyl (C=O) groups is 1. The third kappa shape index (κ3) is 3.68. The van der Waals surface area contributed by atoms with Gasteiger partial charge in [-0.1, -0.05) is 30.3 Å². The van der Waals surface area contributed by atoms with Crippen molar-refractivity contribution in [3.8, 4) is 11.4 Å². The Bertz CT molecular complexity index is 763. The minimum Gasteiger partial charge on any atom is -0.460 e. The standard InChI is InChI=1S/C19H22N4O3/c24-19-16-14-20-17(15-4-2-1-3-5-15)21-18(16)23(10-13-26-19)7-6-22-8-11-25-12-9-22/h1-5,14H,6-13H2. The molecule has 3 heterocycles. The average Bonchev–Trinajstić information content (AvgIpc) is 2.86. The average molecular weight is 354 g/mol. The fourth-order valence-corrected chi connectivity index (χ4v) is 3.22. The summed E-state index contributed by atoms with van der Waals surface area (Å²) in [7, 11) is 0. The van der Waals surface area contributed by atoms with Crippen molar-refractivity contribution in [3.05, 3.63) is 42.1 Å². The highest BCUT2D eigenvalue weighted by atomic mass is 16.5. The quantitative estimate of drug-likeness (QED) is 0.770. The minimum atomic E-state index is -0.353. The van der Waals surface area contributed by atoms with Crippen molar-refractivity contribution in [2.24, 2.45) is 0 Å². The molecule has 0 aliphatic carbocycles. The molecule has 0 unspecified atom stereocenters. The number of ether oxygens (including phenoxy) is 2. The molecule has 1 aromatic carbocycles. The number of esters is 1. The van der Waals surface area contributed by atoms with Crippen molar-refractivity contribution in [1.82, 2.24) is 14.9 Å². The van der Waals surface area contributed by atoms with Crippen LogP contribution in [0.2, 0.25) is 0 Å². The van der Waals surface area contributed by atoms with Gasteiger partial charge in [-0.2, -0.15) is 0 Å². The summed E-state index contributed by atoms with van der Waals surface area (Å²) in [6.45, 7) is 6.12. The molecule has 0 N–H and O–H groups in total. The van der Waals surface area contributed by atoms with E-state index in [1.807, 2.05) is 30.3 Å². The number of anilines is 1. The minimum absolute atomic E-state index is 0.353. The smallest absolute Gasteiger partial charge is 0.343 e. The molecule has 0 amide bonds. The third-order valence-electron chi connectivity index (χ3n) is 4.70. The first-order valence-electron chi connectivity index (χ1n) is 8.96. The lowest BCUT2D eigenvalue weighted by atomic mass is 10.2. The van der Waals surface area contributed by atoms with Crippen molar-refractivity contribution in [1.29, 1.82) is 0 Å². The van der Waals surface area contributed by atoms with Gasteiger partial charge in [0.2, 0.25) is 0 Å². The maximum Gasteiger partial charge on any atom is 0.343 e. The number of morpholine rings is 1. The zero-order chi connectivity index (χ0) is 17.8. The van der Waals surface area contributed by atoms with Gasteiger partial charge in [0, 0.05) is 37.9 Å². The van der Waals surface area contributed by atoms with E-state index in [1.165, 1.54) is 0 Å². The van der Waals surface area contributed by atoms with E-state index >= 15 is 0 Å². The number of benzene rings is 1. The van der Waals surface area contributed by atoms with Crippen LogP contribution >= 0.6 is 0 Å². The van der Waals surface area contributed by atoms with Gasteiger partial charge in [0.1, 0.15) is 18.0 Å². The highest BCUT2D eigenvalue weighted by molar-refractivity contribution is 5.95. The summed E-state index contributed by atoms with van der Waals surface area (Å²) in [4.78, 5) is 25.8. The summed E-state index contributed by atoms with van der Waals surface area (Å²) in [5.41, 5.74) is 1.37. The maximum absolute atomic E-state index is 12.2. The van der Waals surface area contributed by atoms with Crippen molar-refractivity contribution in [2.75, 3.05) is 57.4 Å². The molecule has 26 heavy (non-hydrogen) atoms. The molecule has 2 aliphatic rings. The number of aromatic nitrogens is 2. The van der Waals surface area contributed by atoms with Gasteiger partial charge in [-0.3, -0.25) is 4.90 Å². The molecule has 7 heteroatoms. The van der Waals surface area contributed by atoms with Crippen LogP contribution in [0.1, 0.15) is 10.4 Å². The topological polar surface area (TPSA) is 67.8 Å². The van der Waals surface area contributed by atoms with Crippen LogP contribution in [0, 0.1) is 0 Å². The summed E-state index contributed by atoms with van der Waals surface area (Å²) in [5.74, 6) is 0.929. The van der Waals surface area contributed by atoms with Gasteiger partial charge < -0.3 is 14.4 Å². The van der Waals surface area contributed by atoms with Crippen molar-refractivity contribution in [3.63, 3.8) is 0 Å². The Balaban J connectivity index is 1.60. The van der Waals surface area contributed by atoms with E-state index in [0.717, 1.165) is 45.0 Å². The van der Waals surface area contributed by atoms with Crippen LogP contribution in [0.15, 0.2) is 36.5 Å². The van der Waals surface area contributed by atoms with Crippen molar-refractivity contribution in [2.45, 2.75) is 0 Å². The number of hydrogen-bond acceptors (Lipinski definition) is 7. The molecule has 0 atom stereocenters. The first-order chi connectivity index (χ1) is 12.8. The van der Waals surface area contributed by atoms with E-state index in [-0.39, 0.29) is 5.97 Å². The first kappa shape index (κ1) is 16.9. The zero-order valence-electron chi connectivity index (χ0n) is 14.6. The summed E-state index contributed by atoms with van der Waals surface area (Å²) in [6, 6.07) is 9.80. The predicted molar refractivity (Wildman–Crippen MR) is 97.2 cm³/mol. The monoisotopic (exact) mass is 354 g/mol. The summed E-state index contributed by atoms with van der Waals surface area (Å²) in [5, 5.41) is 0. The number of rotatable bonds is 4. The van der Waals surface area contributed by atoms with Crippen LogP contribution in [-0.2, 0) is 9.47 Å². The highest BCUT2D eigenvalue weighted by Gasteiger charge is 2.25. The number of hydrogen-bond donors (Lipinski definition) is 0. The second kappa shape index (κ2) is 7.80. The Morgan fingerprint density at radius 1 is 1.00 bits per heavy atom. The molecule has 0 bridgehead atoms. The largest absolute Gasteiger partial charge is 0.460 e. The Hall–Kier alpha value is -2.51. The highest BCUT2D eigenvalue weighted by Crippen LogP contribution is 2.24. The lowest BCUT2D eigenvalue weighted by molar-refractivity contribution is 0.0389. The molecular formula is C19H22N4O3. The Morgan fingerprint density at radius 2 is 1.81 bits per heavy atom.